The van der Waals surface area contributed by atoms with Gasteiger partial charge in [0.05, 0.1) is 23.3 Å². The van der Waals surface area contributed by atoms with E-state index in [0.29, 0.717) is 23.8 Å². The molecule has 0 aliphatic rings. The average molecular weight is 253 g/mol. The van der Waals surface area contributed by atoms with Gasteiger partial charge in [-0.05, 0) is 18.9 Å². The molecular weight excluding hydrogens is 234 g/mol. The van der Waals surface area contributed by atoms with E-state index in [2.05, 4.69) is 19.3 Å². The van der Waals surface area contributed by atoms with Gasteiger partial charge >= 0.3 is 0 Å². The Labute approximate surface area is 106 Å². The first-order chi connectivity index (χ1) is 8.45. The molecule has 1 aromatic rings. The molecule has 0 bridgehead atoms. The van der Waals surface area contributed by atoms with Crippen LogP contribution in [0.25, 0.3) is 0 Å². The number of rotatable bonds is 6. The highest BCUT2D eigenvalue weighted by molar-refractivity contribution is 5.55. The highest BCUT2D eigenvalue weighted by Gasteiger charge is 2.13. The van der Waals surface area contributed by atoms with E-state index in [0.717, 1.165) is 0 Å². The van der Waals surface area contributed by atoms with Crippen molar-refractivity contribution in [2.45, 2.75) is 33.5 Å². The minimum Gasteiger partial charge on any atom is -0.373 e. The molecule has 0 aliphatic carbocycles. The number of nitro groups is 1. The van der Waals surface area contributed by atoms with Crippen LogP contribution >= 0.6 is 0 Å². The van der Waals surface area contributed by atoms with Gasteiger partial charge < -0.3 is 10.2 Å². The SMILES string of the molecule is CC(C)C(C)OCc1cc([N+](=O)[O-])ccc1NN. The van der Waals surface area contributed by atoms with Crippen LogP contribution < -0.4 is 11.3 Å². The zero-order chi connectivity index (χ0) is 13.7. The van der Waals surface area contributed by atoms with Crippen LogP contribution in [0.4, 0.5) is 11.4 Å². The lowest BCUT2D eigenvalue weighted by molar-refractivity contribution is -0.384. The molecule has 0 amide bonds. The molecule has 1 rings (SSSR count). The summed E-state index contributed by atoms with van der Waals surface area (Å²) in [4.78, 5) is 10.3. The van der Waals surface area contributed by atoms with Gasteiger partial charge in [0, 0.05) is 17.7 Å². The number of anilines is 1. The zero-order valence-electron chi connectivity index (χ0n) is 10.8. The lowest BCUT2D eigenvalue weighted by Gasteiger charge is -2.17. The lowest BCUT2D eigenvalue weighted by Crippen LogP contribution is -2.16. The number of ether oxygens (including phenoxy) is 1. The van der Waals surface area contributed by atoms with Crippen LogP contribution in [0.15, 0.2) is 18.2 Å². The third-order valence-electron chi connectivity index (χ3n) is 2.90. The Morgan fingerprint density at radius 1 is 1.44 bits per heavy atom. The van der Waals surface area contributed by atoms with Crippen LogP contribution in [0, 0.1) is 16.0 Å². The average Bonchev–Trinajstić information content (AvgIpc) is 2.35. The molecule has 3 N–H and O–H groups in total. The normalized spacial score (nSPS) is 12.5. The molecule has 0 aromatic heterocycles. The Bertz CT molecular complexity index is 421. The van der Waals surface area contributed by atoms with Gasteiger partial charge in [-0.2, -0.15) is 0 Å². The smallest absolute Gasteiger partial charge is 0.269 e. The Kier molecular flexibility index (Phi) is 5.06. The molecule has 6 nitrogen and oxygen atoms in total. The molecular formula is C12H19N3O3. The molecule has 0 spiro atoms. The van der Waals surface area contributed by atoms with Crippen molar-refractivity contribution in [3.8, 4) is 0 Å². The summed E-state index contributed by atoms with van der Waals surface area (Å²) in [7, 11) is 0. The van der Waals surface area contributed by atoms with Crippen LogP contribution in [0.3, 0.4) is 0 Å². The van der Waals surface area contributed by atoms with E-state index < -0.39 is 4.92 Å². The van der Waals surface area contributed by atoms with E-state index in [1.165, 1.54) is 12.1 Å². The van der Waals surface area contributed by atoms with Crippen LogP contribution in [0.5, 0.6) is 0 Å². The van der Waals surface area contributed by atoms with Gasteiger partial charge in [0.15, 0.2) is 0 Å². The molecule has 0 radical (unpaired) electrons. The van der Waals surface area contributed by atoms with Crippen LogP contribution in [0.2, 0.25) is 0 Å². The Balaban J connectivity index is 2.84. The first kappa shape index (κ1) is 14.4. The monoisotopic (exact) mass is 253 g/mol. The highest BCUT2D eigenvalue weighted by Crippen LogP contribution is 2.23. The standard InChI is InChI=1S/C12H19N3O3/c1-8(2)9(3)18-7-10-6-11(15(16)17)4-5-12(10)14-13/h4-6,8-9,14H,7,13H2,1-3H3. The fourth-order valence-electron chi connectivity index (χ4n) is 1.37. The molecule has 0 heterocycles. The fourth-order valence-corrected chi connectivity index (χ4v) is 1.37. The Morgan fingerprint density at radius 2 is 2.11 bits per heavy atom. The molecule has 100 valence electrons. The van der Waals surface area contributed by atoms with Crippen LogP contribution in [-0.2, 0) is 11.3 Å². The van der Waals surface area contributed by atoms with Crippen molar-refractivity contribution in [2.75, 3.05) is 5.43 Å². The van der Waals surface area contributed by atoms with Crippen molar-refractivity contribution < 1.29 is 9.66 Å². The van der Waals surface area contributed by atoms with Crippen molar-refractivity contribution in [3.05, 3.63) is 33.9 Å². The van der Waals surface area contributed by atoms with Crippen molar-refractivity contribution in [1.82, 2.24) is 0 Å². The summed E-state index contributed by atoms with van der Waals surface area (Å²) in [6, 6.07) is 4.46. The van der Waals surface area contributed by atoms with Crippen molar-refractivity contribution in [2.24, 2.45) is 11.8 Å². The topological polar surface area (TPSA) is 90.4 Å². The Hall–Kier alpha value is -1.66. The summed E-state index contributed by atoms with van der Waals surface area (Å²) in [5.41, 5.74) is 3.86. The molecule has 1 unspecified atom stereocenters. The van der Waals surface area contributed by atoms with Gasteiger partial charge in [-0.25, -0.2) is 0 Å². The molecule has 6 heteroatoms. The van der Waals surface area contributed by atoms with Crippen LogP contribution in [-0.4, -0.2) is 11.0 Å². The first-order valence-corrected chi connectivity index (χ1v) is 5.81. The number of non-ortho nitro benzene ring substituents is 1. The maximum absolute atomic E-state index is 10.7. The van der Waals surface area contributed by atoms with E-state index in [1.54, 1.807) is 6.07 Å². The van der Waals surface area contributed by atoms with Crippen molar-refractivity contribution >= 4 is 11.4 Å². The minimum atomic E-state index is -0.435. The van der Waals surface area contributed by atoms with Gasteiger partial charge in [-0.3, -0.25) is 16.0 Å². The van der Waals surface area contributed by atoms with Crippen LogP contribution in [0.1, 0.15) is 26.3 Å². The van der Waals surface area contributed by atoms with Gasteiger partial charge in [0.25, 0.3) is 5.69 Å². The molecule has 0 saturated heterocycles. The number of hydrogen-bond acceptors (Lipinski definition) is 5. The number of hydrogen-bond donors (Lipinski definition) is 2. The second-order valence-electron chi connectivity index (χ2n) is 4.50. The number of hydrazine groups is 1. The lowest BCUT2D eigenvalue weighted by atomic mass is 10.1. The third-order valence-corrected chi connectivity index (χ3v) is 2.90. The maximum atomic E-state index is 10.7. The van der Waals surface area contributed by atoms with E-state index in [1.807, 2.05) is 6.92 Å². The van der Waals surface area contributed by atoms with Gasteiger partial charge in [0.2, 0.25) is 0 Å². The predicted octanol–water partition coefficient (Wildman–Crippen LogP) is 2.44. The number of nitrogen functional groups attached to an aromatic ring is 1. The van der Waals surface area contributed by atoms with E-state index >= 15 is 0 Å². The van der Waals surface area contributed by atoms with E-state index in [4.69, 9.17) is 10.6 Å². The molecule has 1 atom stereocenters. The second kappa shape index (κ2) is 6.32. The summed E-state index contributed by atoms with van der Waals surface area (Å²) in [5, 5.41) is 10.7. The summed E-state index contributed by atoms with van der Waals surface area (Å²) < 4.78 is 5.65. The molecule has 0 aliphatic heterocycles. The molecule has 0 fully saturated rings. The van der Waals surface area contributed by atoms with E-state index in [9.17, 15) is 10.1 Å². The van der Waals surface area contributed by atoms with Crippen molar-refractivity contribution in [1.29, 1.82) is 0 Å². The highest BCUT2D eigenvalue weighted by atomic mass is 16.6. The Morgan fingerprint density at radius 3 is 2.61 bits per heavy atom. The number of nitro benzene ring substituents is 1. The second-order valence-corrected chi connectivity index (χ2v) is 4.50. The number of benzene rings is 1. The fraction of sp³-hybridized carbons (Fsp3) is 0.500. The molecule has 1 aromatic carbocycles. The van der Waals surface area contributed by atoms with Gasteiger partial charge in [-0.15, -0.1) is 0 Å². The molecule has 0 saturated carbocycles. The summed E-state index contributed by atoms with van der Waals surface area (Å²) in [6.07, 6.45) is 0.0786. The van der Waals surface area contributed by atoms with Gasteiger partial charge in [-0.1, -0.05) is 13.8 Å². The predicted molar refractivity (Wildman–Crippen MR) is 70.0 cm³/mol. The summed E-state index contributed by atoms with van der Waals surface area (Å²) >= 11 is 0. The van der Waals surface area contributed by atoms with Crippen molar-refractivity contribution in [3.63, 3.8) is 0 Å². The first-order valence-electron chi connectivity index (χ1n) is 5.81. The summed E-state index contributed by atoms with van der Waals surface area (Å²) in [5.74, 6) is 5.75. The molecule has 18 heavy (non-hydrogen) atoms. The largest absolute Gasteiger partial charge is 0.373 e. The zero-order valence-corrected chi connectivity index (χ0v) is 10.8. The number of nitrogens with zero attached hydrogens (tertiary/aromatic N) is 1. The number of nitrogens with one attached hydrogen (secondary N) is 1. The van der Waals surface area contributed by atoms with E-state index in [-0.39, 0.29) is 11.8 Å². The third kappa shape index (κ3) is 3.68. The quantitative estimate of drug-likeness (QED) is 0.461. The maximum Gasteiger partial charge on any atom is 0.269 e. The van der Waals surface area contributed by atoms with Gasteiger partial charge in [0.1, 0.15) is 0 Å². The summed E-state index contributed by atoms with van der Waals surface area (Å²) in [6.45, 7) is 6.37. The number of nitrogens with two attached hydrogens (primary N) is 1. The minimum absolute atomic E-state index is 0.0322.